The molecule has 0 bridgehead atoms. The number of nitrogens with zero attached hydrogens (tertiary/aromatic N) is 4. The van der Waals surface area contributed by atoms with Crippen molar-refractivity contribution in [2.24, 2.45) is 7.05 Å². The van der Waals surface area contributed by atoms with Crippen molar-refractivity contribution < 1.29 is 37.3 Å². The molecular formula is C21H25F3N4O5. The van der Waals surface area contributed by atoms with Gasteiger partial charge in [-0.25, -0.2) is 4.79 Å². The molecule has 9 nitrogen and oxygen atoms in total. The molecule has 0 unspecified atom stereocenters. The second kappa shape index (κ2) is 10.3. The first-order valence-electron chi connectivity index (χ1n) is 10.3. The summed E-state index contributed by atoms with van der Waals surface area (Å²) in [6, 6.07) is 7.57. The van der Waals surface area contributed by atoms with Gasteiger partial charge < -0.3 is 19.5 Å². The van der Waals surface area contributed by atoms with Gasteiger partial charge in [-0.05, 0) is 31.0 Å². The van der Waals surface area contributed by atoms with Crippen LogP contribution in [0.15, 0.2) is 36.7 Å². The number of alkyl halides is 3. The van der Waals surface area contributed by atoms with Gasteiger partial charge in [0.15, 0.2) is 0 Å². The van der Waals surface area contributed by atoms with E-state index in [1.807, 2.05) is 30.1 Å². The molecule has 0 radical (unpaired) electrons. The highest BCUT2D eigenvalue weighted by atomic mass is 19.4. The van der Waals surface area contributed by atoms with Gasteiger partial charge in [-0.1, -0.05) is 6.07 Å². The van der Waals surface area contributed by atoms with E-state index in [0.717, 1.165) is 31.5 Å². The van der Waals surface area contributed by atoms with E-state index in [1.165, 1.54) is 0 Å². The largest absolute Gasteiger partial charge is 0.490 e. The highest BCUT2D eigenvalue weighted by Gasteiger charge is 2.45. The molecule has 33 heavy (non-hydrogen) atoms. The molecule has 2 aromatic rings. The number of likely N-dealkylation sites (tertiary alicyclic amines) is 1. The van der Waals surface area contributed by atoms with Crippen LogP contribution in [0.25, 0.3) is 0 Å². The van der Waals surface area contributed by atoms with Crippen molar-refractivity contribution in [1.29, 1.82) is 0 Å². The number of carbonyl (C=O) groups excluding carboxylic acids is 1. The first-order chi connectivity index (χ1) is 15.6. The number of carbonyl (C=O) groups is 2. The molecule has 2 aliphatic heterocycles. The number of hydrogen-bond acceptors (Lipinski definition) is 6. The average Bonchev–Trinajstić information content (AvgIpc) is 3.38. The SMILES string of the molecule is Cn1ccc(C(=O)N2CCC[C@]3(C[C@@H](OCc4ccccn4)CO3)C2)n1.O=C(O)C(F)(F)F. The summed E-state index contributed by atoms with van der Waals surface area (Å²) in [4.78, 5) is 27.8. The predicted octanol–water partition coefficient (Wildman–Crippen LogP) is 2.43. The van der Waals surface area contributed by atoms with Crippen LogP contribution in [0.2, 0.25) is 0 Å². The Kier molecular flexibility index (Phi) is 7.69. The Balaban J connectivity index is 0.000000383. The molecule has 2 aliphatic rings. The molecule has 2 fully saturated rings. The van der Waals surface area contributed by atoms with Crippen LogP contribution in [0.4, 0.5) is 13.2 Å². The summed E-state index contributed by atoms with van der Waals surface area (Å²) in [5.41, 5.74) is 1.12. The van der Waals surface area contributed by atoms with Crippen molar-refractivity contribution in [3.8, 4) is 0 Å². The standard InChI is InChI=1S/C19H24N4O3.C2HF3O2/c1-22-10-6-17(21-22)18(24)23-9-4-7-19(14-23)11-16(13-26-19)25-12-15-5-2-3-8-20-15;3-2(4,5)1(6)7/h2-3,5-6,8,10,16H,4,7,9,11-14H2,1H3;(H,6,7)/t16-,19+;/m1./s1. The number of ether oxygens (including phenoxy) is 2. The zero-order chi connectivity index (χ0) is 24.1. The number of halogens is 3. The lowest BCUT2D eigenvalue weighted by atomic mass is 9.89. The first kappa shape index (κ1) is 24.6. The van der Waals surface area contributed by atoms with E-state index >= 15 is 0 Å². The molecule has 2 atom stereocenters. The lowest BCUT2D eigenvalue weighted by molar-refractivity contribution is -0.192. The molecule has 0 aliphatic carbocycles. The predicted molar refractivity (Wildman–Crippen MR) is 108 cm³/mol. The number of rotatable bonds is 4. The van der Waals surface area contributed by atoms with Crippen molar-refractivity contribution in [3.05, 3.63) is 48.0 Å². The van der Waals surface area contributed by atoms with Crippen LogP contribution < -0.4 is 0 Å². The van der Waals surface area contributed by atoms with Crippen molar-refractivity contribution >= 4 is 11.9 Å². The van der Waals surface area contributed by atoms with Gasteiger partial charge in [0.1, 0.15) is 5.69 Å². The molecule has 1 amide bonds. The van der Waals surface area contributed by atoms with Crippen LogP contribution >= 0.6 is 0 Å². The normalized spacial score (nSPS) is 22.7. The summed E-state index contributed by atoms with van der Waals surface area (Å²) < 4.78 is 45.5. The fourth-order valence-electron chi connectivity index (χ4n) is 3.84. The Morgan fingerprint density at radius 1 is 1.33 bits per heavy atom. The molecule has 4 heterocycles. The number of aliphatic carboxylic acids is 1. The lowest BCUT2D eigenvalue weighted by Crippen LogP contribution is -2.50. The molecule has 0 aromatic carbocycles. The molecule has 0 saturated carbocycles. The quantitative estimate of drug-likeness (QED) is 0.732. The van der Waals surface area contributed by atoms with E-state index in [0.29, 0.717) is 25.5 Å². The Bertz CT molecular complexity index is 953. The summed E-state index contributed by atoms with van der Waals surface area (Å²) in [5.74, 6) is -2.78. The van der Waals surface area contributed by atoms with E-state index in [2.05, 4.69) is 10.1 Å². The molecule has 2 saturated heterocycles. The minimum atomic E-state index is -5.08. The number of hydrogen-bond donors (Lipinski definition) is 1. The fraction of sp³-hybridized carbons (Fsp3) is 0.524. The zero-order valence-electron chi connectivity index (χ0n) is 18.0. The molecule has 4 rings (SSSR count). The summed E-state index contributed by atoms with van der Waals surface area (Å²) in [5, 5.41) is 11.4. The maximum atomic E-state index is 12.7. The minimum Gasteiger partial charge on any atom is -0.475 e. The topological polar surface area (TPSA) is 107 Å². The monoisotopic (exact) mass is 470 g/mol. The van der Waals surface area contributed by atoms with Crippen LogP contribution in [0.3, 0.4) is 0 Å². The average molecular weight is 470 g/mol. The lowest BCUT2D eigenvalue weighted by Gasteiger charge is -2.39. The molecule has 2 aromatic heterocycles. The maximum absolute atomic E-state index is 12.7. The van der Waals surface area contributed by atoms with Crippen molar-refractivity contribution in [2.45, 2.75) is 43.8 Å². The van der Waals surface area contributed by atoms with Gasteiger partial charge in [-0.3, -0.25) is 14.5 Å². The van der Waals surface area contributed by atoms with Crippen LogP contribution in [-0.2, 0) is 27.9 Å². The Labute approximate surface area is 188 Å². The summed E-state index contributed by atoms with van der Waals surface area (Å²) in [6.07, 6.45) is 1.23. The molecule has 1 spiro atoms. The highest BCUT2D eigenvalue weighted by molar-refractivity contribution is 5.92. The van der Waals surface area contributed by atoms with Gasteiger partial charge in [0.05, 0.1) is 37.2 Å². The number of pyridine rings is 1. The smallest absolute Gasteiger partial charge is 0.475 e. The first-order valence-corrected chi connectivity index (χ1v) is 10.3. The Morgan fingerprint density at radius 2 is 2.09 bits per heavy atom. The summed E-state index contributed by atoms with van der Waals surface area (Å²) in [7, 11) is 1.82. The second-order valence-corrected chi connectivity index (χ2v) is 7.96. The third-order valence-corrected chi connectivity index (χ3v) is 5.37. The fourth-order valence-corrected chi connectivity index (χ4v) is 3.84. The van der Waals surface area contributed by atoms with Crippen LogP contribution in [0.5, 0.6) is 0 Å². The molecular weight excluding hydrogens is 445 g/mol. The van der Waals surface area contributed by atoms with E-state index in [9.17, 15) is 18.0 Å². The van der Waals surface area contributed by atoms with E-state index in [-0.39, 0.29) is 17.6 Å². The van der Waals surface area contributed by atoms with Crippen LogP contribution in [-0.4, -0.2) is 74.2 Å². The maximum Gasteiger partial charge on any atom is 0.490 e. The number of aryl methyl sites for hydroxylation is 1. The minimum absolute atomic E-state index is 0.0221. The van der Waals surface area contributed by atoms with Crippen molar-refractivity contribution in [1.82, 2.24) is 19.7 Å². The highest BCUT2D eigenvalue weighted by Crippen LogP contribution is 2.36. The molecule has 12 heteroatoms. The van der Waals surface area contributed by atoms with Gasteiger partial charge in [0.25, 0.3) is 5.91 Å². The van der Waals surface area contributed by atoms with E-state index in [4.69, 9.17) is 19.4 Å². The van der Waals surface area contributed by atoms with Crippen molar-refractivity contribution in [3.63, 3.8) is 0 Å². The van der Waals surface area contributed by atoms with Crippen LogP contribution in [0.1, 0.15) is 35.4 Å². The van der Waals surface area contributed by atoms with Crippen molar-refractivity contribution in [2.75, 3.05) is 19.7 Å². The summed E-state index contributed by atoms with van der Waals surface area (Å²) >= 11 is 0. The number of carboxylic acids is 1. The van der Waals surface area contributed by atoms with E-state index in [1.54, 1.807) is 23.1 Å². The number of aromatic nitrogens is 3. The Morgan fingerprint density at radius 3 is 2.70 bits per heavy atom. The van der Waals surface area contributed by atoms with Gasteiger partial charge >= 0.3 is 12.1 Å². The number of piperidine rings is 1. The zero-order valence-corrected chi connectivity index (χ0v) is 18.0. The molecule has 180 valence electrons. The van der Waals surface area contributed by atoms with Crippen LogP contribution in [0, 0.1) is 0 Å². The number of amides is 1. The third-order valence-electron chi connectivity index (χ3n) is 5.37. The van der Waals surface area contributed by atoms with Gasteiger partial charge in [-0.15, -0.1) is 0 Å². The molecule has 1 N–H and O–H groups in total. The van der Waals surface area contributed by atoms with Gasteiger partial charge in [0.2, 0.25) is 0 Å². The third kappa shape index (κ3) is 6.75. The van der Waals surface area contributed by atoms with Gasteiger partial charge in [-0.2, -0.15) is 18.3 Å². The number of carboxylic acid groups (broad SMARTS) is 1. The summed E-state index contributed by atoms with van der Waals surface area (Å²) in [6.45, 7) is 2.41. The Hall–Kier alpha value is -2.99. The van der Waals surface area contributed by atoms with E-state index < -0.39 is 12.1 Å². The van der Waals surface area contributed by atoms with Gasteiger partial charge in [0, 0.05) is 32.4 Å². The second-order valence-electron chi connectivity index (χ2n) is 7.96.